The molecule has 0 saturated heterocycles. The summed E-state index contributed by atoms with van der Waals surface area (Å²) < 4.78 is 9.53. The van der Waals surface area contributed by atoms with E-state index in [4.69, 9.17) is 9.52 Å². The Hall–Kier alpha value is -1.29. The van der Waals surface area contributed by atoms with Crippen LogP contribution in [0.25, 0.3) is 0 Å². The van der Waals surface area contributed by atoms with Gasteiger partial charge in [0.05, 0.1) is 7.11 Å². The fourth-order valence-electron chi connectivity index (χ4n) is 0.934. The highest BCUT2D eigenvalue weighted by Crippen LogP contribution is 2.15. The molecule has 0 aliphatic heterocycles. The molecule has 0 aliphatic rings. The first-order chi connectivity index (χ1) is 5.69. The van der Waals surface area contributed by atoms with Crippen LogP contribution in [-0.2, 0) is 11.3 Å². The maximum atomic E-state index is 11.0. The van der Waals surface area contributed by atoms with Crippen LogP contribution < -0.4 is 0 Å². The summed E-state index contributed by atoms with van der Waals surface area (Å²) in [7, 11) is 1.30. The van der Waals surface area contributed by atoms with E-state index >= 15 is 0 Å². The Morgan fingerprint density at radius 3 is 2.83 bits per heavy atom. The lowest BCUT2D eigenvalue weighted by molar-refractivity contribution is 0.0599. The van der Waals surface area contributed by atoms with Gasteiger partial charge in [-0.2, -0.15) is 0 Å². The lowest BCUT2D eigenvalue weighted by atomic mass is 10.2. The van der Waals surface area contributed by atoms with Gasteiger partial charge in [-0.1, -0.05) is 0 Å². The van der Waals surface area contributed by atoms with Crippen LogP contribution in [-0.4, -0.2) is 18.2 Å². The van der Waals surface area contributed by atoms with Crippen LogP contribution in [0.2, 0.25) is 0 Å². The van der Waals surface area contributed by atoms with Gasteiger partial charge in [0.25, 0.3) is 0 Å². The first-order valence-electron chi connectivity index (χ1n) is 3.47. The summed E-state index contributed by atoms with van der Waals surface area (Å²) in [5, 5.41) is 8.68. The van der Waals surface area contributed by atoms with Crippen LogP contribution in [0.5, 0.6) is 0 Å². The average Bonchev–Trinajstić information content (AvgIpc) is 2.45. The van der Waals surface area contributed by atoms with Gasteiger partial charge in [0.2, 0.25) is 0 Å². The van der Waals surface area contributed by atoms with Gasteiger partial charge in [-0.25, -0.2) is 4.79 Å². The third-order valence-corrected chi connectivity index (χ3v) is 1.53. The Morgan fingerprint density at radius 2 is 2.42 bits per heavy atom. The van der Waals surface area contributed by atoms with E-state index in [0.29, 0.717) is 17.1 Å². The number of aliphatic hydroxyl groups excluding tert-OH is 1. The van der Waals surface area contributed by atoms with Gasteiger partial charge < -0.3 is 14.3 Å². The number of esters is 1. The molecule has 1 aromatic rings. The second-order valence-corrected chi connectivity index (χ2v) is 2.33. The van der Waals surface area contributed by atoms with E-state index in [-0.39, 0.29) is 6.61 Å². The molecule has 1 rings (SSSR count). The van der Waals surface area contributed by atoms with Gasteiger partial charge in [0.1, 0.15) is 23.7 Å². The molecule has 1 N–H and O–H groups in total. The quantitative estimate of drug-likeness (QED) is 0.669. The van der Waals surface area contributed by atoms with E-state index < -0.39 is 5.97 Å². The number of hydrogen-bond donors (Lipinski definition) is 1. The first-order valence-corrected chi connectivity index (χ1v) is 3.47. The number of carbonyl (C=O) groups excluding carboxylic acids is 1. The highest BCUT2D eigenvalue weighted by molar-refractivity contribution is 5.90. The van der Waals surface area contributed by atoms with E-state index in [1.165, 1.54) is 13.2 Å². The Morgan fingerprint density at radius 1 is 1.75 bits per heavy atom. The number of rotatable bonds is 2. The Labute approximate surface area is 69.8 Å². The van der Waals surface area contributed by atoms with Crippen LogP contribution in [0.4, 0.5) is 0 Å². The van der Waals surface area contributed by atoms with Crippen molar-refractivity contribution in [1.82, 2.24) is 0 Å². The third-order valence-electron chi connectivity index (χ3n) is 1.53. The lowest BCUT2D eigenvalue weighted by Gasteiger charge is -1.93. The maximum Gasteiger partial charge on any atom is 0.341 e. The molecule has 0 radical (unpaired) electrons. The summed E-state index contributed by atoms with van der Waals surface area (Å²) in [5.74, 6) is 0.384. The normalized spacial score (nSPS) is 9.92. The van der Waals surface area contributed by atoms with E-state index in [0.717, 1.165) is 0 Å². The molecule has 0 aromatic carbocycles. The number of hydrogen-bond acceptors (Lipinski definition) is 4. The van der Waals surface area contributed by atoms with Crippen molar-refractivity contribution >= 4 is 5.97 Å². The van der Waals surface area contributed by atoms with Crippen molar-refractivity contribution in [3.8, 4) is 0 Å². The van der Waals surface area contributed by atoms with E-state index in [9.17, 15) is 4.79 Å². The van der Waals surface area contributed by atoms with Crippen LogP contribution in [0.15, 0.2) is 10.5 Å². The van der Waals surface area contributed by atoms with E-state index in [2.05, 4.69) is 4.74 Å². The molecule has 0 fully saturated rings. The lowest BCUT2D eigenvalue weighted by Crippen LogP contribution is -2.00. The largest absolute Gasteiger partial charge is 0.465 e. The summed E-state index contributed by atoms with van der Waals surface area (Å²) in [6.07, 6.45) is 0. The Balaban J connectivity index is 2.99. The summed E-state index contributed by atoms with van der Waals surface area (Å²) in [5.41, 5.74) is 0.363. The van der Waals surface area contributed by atoms with Crippen molar-refractivity contribution in [3.05, 3.63) is 23.2 Å². The standard InChI is InChI=1S/C8H10O4/c1-5-7(8(10)11-2)3-6(4-9)12-5/h3,9H,4H2,1-2H3. The smallest absolute Gasteiger partial charge is 0.341 e. The maximum absolute atomic E-state index is 11.0. The molecule has 0 atom stereocenters. The van der Waals surface area contributed by atoms with Crippen molar-refractivity contribution in [3.63, 3.8) is 0 Å². The predicted octanol–water partition coefficient (Wildman–Crippen LogP) is 0.867. The van der Waals surface area contributed by atoms with Gasteiger partial charge in [-0.05, 0) is 13.0 Å². The zero-order valence-corrected chi connectivity index (χ0v) is 6.96. The van der Waals surface area contributed by atoms with Crippen LogP contribution in [0.1, 0.15) is 21.9 Å². The zero-order chi connectivity index (χ0) is 9.14. The molecule has 0 amide bonds. The average molecular weight is 170 g/mol. The Kier molecular flexibility index (Phi) is 2.50. The second-order valence-electron chi connectivity index (χ2n) is 2.33. The van der Waals surface area contributed by atoms with Crippen LogP contribution in [0.3, 0.4) is 0 Å². The van der Waals surface area contributed by atoms with Crippen molar-refractivity contribution in [2.24, 2.45) is 0 Å². The number of carbonyl (C=O) groups is 1. The number of aliphatic hydroxyl groups is 1. The number of methoxy groups -OCH3 is 1. The molecule has 0 unspecified atom stereocenters. The van der Waals surface area contributed by atoms with Crippen molar-refractivity contribution in [2.75, 3.05) is 7.11 Å². The summed E-state index contributed by atoms with van der Waals surface area (Å²) in [6, 6.07) is 1.47. The fraction of sp³-hybridized carbons (Fsp3) is 0.375. The van der Waals surface area contributed by atoms with Crippen LogP contribution >= 0.6 is 0 Å². The fourth-order valence-corrected chi connectivity index (χ4v) is 0.934. The highest BCUT2D eigenvalue weighted by Gasteiger charge is 2.14. The van der Waals surface area contributed by atoms with E-state index in [1.54, 1.807) is 6.92 Å². The SMILES string of the molecule is COC(=O)c1cc(CO)oc1C. The number of furan rings is 1. The molecular weight excluding hydrogens is 160 g/mol. The molecule has 0 saturated carbocycles. The Bertz CT molecular complexity index is 287. The van der Waals surface area contributed by atoms with Gasteiger partial charge in [-0.3, -0.25) is 0 Å². The van der Waals surface area contributed by atoms with Gasteiger partial charge in [0.15, 0.2) is 0 Å². The molecule has 12 heavy (non-hydrogen) atoms. The monoisotopic (exact) mass is 170 g/mol. The van der Waals surface area contributed by atoms with Gasteiger partial charge in [-0.15, -0.1) is 0 Å². The predicted molar refractivity (Wildman–Crippen MR) is 40.7 cm³/mol. The highest BCUT2D eigenvalue weighted by atomic mass is 16.5. The molecule has 4 heteroatoms. The second kappa shape index (κ2) is 3.40. The topological polar surface area (TPSA) is 59.7 Å². The van der Waals surface area contributed by atoms with E-state index in [1.807, 2.05) is 0 Å². The van der Waals surface area contributed by atoms with Crippen LogP contribution in [0, 0.1) is 6.92 Å². The minimum Gasteiger partial charge on any atom is -0.465 e. The number of ether oxygens (including phenoxy) is 1. The molecule has 0 spiro atoms. The van der Waals surface area contributed by atoms with Gasteiger partial charge >= 0.3 is 5.97 Å². The zero-order valence-electron chi connectivity index (χ0n) is 6.96. The first kappa shape index (κ1) is 8.80. The third kappa shape index (κ3) is 1.48. The molecule has 0 bridgehead atoms. The van der Waals surface area contributed by atoms with Crippen molar-refractivity contribution in [2.45, 2.75) is 13.5 Å². The van der Waals surface area contributed by atoms with Crippen molar-refractivity contribution in [1.29, 1.82) is 0 Å². The molecular formula is C8H10O4. The van der Waals surface area contributed by atoms with Crippen molar-refractivity contribution < 1.29 is 19.1 Å². The molecule has 1 heterocycles. The molecule has 4 nitrogen and oxygen atoms in total. The molecule has 0 aliphatic carbocycles. The molecule has 66 valence electrons. The molecule has 1 aromatic heterocycles. The summed E-state index contributed by atoms with van der Waals surface area (Å²) in [6.45, 7) is 1.43. The summed E-state index contributed by atoms with van der Waals surface area (Å²) >= 11 is 0. The van der Waals surface area contributed by atoms with Gasteiger partial charge in [0, 0.05) is 0 Å². The minimum atomic E-state index is -0.448. The summed E-state index contributed by atoms with van der Waals surface area (Å²) in [4.78, 5) is 11.0. The minimum absolute atomic E-state index is 0.210. The number of aryl methyl sites for hydroxylation is 1.